The van der Waals surface area contributed by atoms with Crippen LogP contribution >= 0.6 is 0 Å². The number of aromatic hydroxyl groups is 1. The van der Waals surface area contributed by atoms with Crippen LogP contribution in [0.4, 0.5) is 0 Å². The average Bonchev–Trinajstić information content (AvgIpc) is 2.72. The molecule has 1 atom stereocenters. The van der Waals surface area contributed by atoms with Crippen LogP contribution in [0.1, 0.15) is 0 Å². The maximum Gasteiger partial charge on any atom is 0.308 e. The lowest BCUT2D eigenvalue weighted by molar-refractivity contribution is 0.309. The Labute approximate surface area is 170 Å². The summed E-state index contributed by atoms with van der Waals surface area (Å²) >= 11 is 0. The molecular formula is C20H23N2O6S+. The van der Waals surface area contributed by atoms with E-state index in [1.54, 1.807) is 30.5 Å². The van der Waals surface area contributed by atoms with E-state index in [2.05, 4.69) is 9.97 Å². The Morgan fingerprint density at radius 2 is 1.83 bits per heavy atom. The Hall–Kier alpha value is -3.07. The van der Waals surface area contributed by atoms with E-state index in [9.17, 15) is 9.90 Å². The van der Waals surface area contributed by atoms with E-state index in [1.807, 2.05) is 6.26 Å². The van der Waals surface area contributed by atoms with Gasteiger partial charge >= 0.3 is 5.56 Å². The summed E-state index contributed by atoms with van der Waals surface area (Å²) in [5.74, 6) is 2.53. The third kappa shape index (κ3) is 4.19. The third-order valence-corrected chi connectivity index (χ3v) is 6.22. The van der Waals surface area contributed by atoms with Crippen molar-refractivity contribution in [3.8, 4) is 28.7 Å². The van der Waals surface area contributed by atoms with Gasteiger partial charge in [-0.3, -0.25) is 4.79 Å². The molecule has 0 saturated heterocycles. The highest BCUT2D eigenvalue weighted by atomic mass is 32.2. The molecule has 0 aliphatic heterocycles. The maximum atomic E-state index is 12.4. The molecular weight excluding hydrogens is 396 g/mol. The highest BCUT2D eigenvalue weighted by Gasteiger charge is 2.27. The Balaban J connectivity index is 1.76. The van der Waals surface area contributed by atoms with Crippen molar-refractivity contribution in [3.05, 3.63) is 40.8 Å². The van der Waals surface area contributed by atoms with Crippen LogP contribution in [0.15, 0.2) is 40.2 Å². The Morgan fingerprint density at radius 1 is 1.14 bits per heavy atom. The molecule has 29 heavy (non-hydrogen) atoms. The lowest BCUT2D eigenvalue weighted by atomic mass is 10.2. The van der Waals surface area contributed by atoms with Gasteiger partial charge in [-0.25, -0.2) is 4.98 Å². The first kappa shape index (κ1) is 20.7. The molecule has 9 heteroatoms. The Bertz CT molecular complexity index is 1040. The quantitative estimate of drug-likeness (QED) is 0.540. The van der Waals surface area contributed by atoms with E-state index in [0.717, 1.165) is 0 Å². The zero-order valence-corrected chi connectivity index (χ0v) is 17.5. The molecule has 0 fully saturated rings. The van der Waals surface area contributed by atoms with E-state index in [4.69, 9.17) is 18.9 Å². The monoisotopic (exact) mass is 419 g/mol. The standard InChI is InChI=1S/C20H22N2O6S/c1-25-14-10-12(11-15(26-2)17(14)27-3)28-8-9-29(4)18-16(23)13-6-5-7-21-19(13)22-20(18)24/h5-7,10-11H,8-9H2,1-4H3,(H-,21,22,23,24)/p+1. The van der Waals surface area contributed by atoms with Crippen LogP contribution in [0, 0.1) is 0 Å². The van der Waals surface area contributed by atoms with Gasteiger partial charge in [-0.1, -0.05) is 0 Å². The van der Waals surface area contributed by atoms with E-state index in [1.165, 1.54) is 21.3 Å². The van der Waals surface area contributed by atoms with Crippen molar-refractivity contribution >= 4 is 21.9 Å². The highest BCUT2D eigenvalue weighted by molar-refractivity contribution is 7.96. The fourth-order valence-corrected chi connectivity index (χ4v) is 4.29. The molecule has 2 aromatic heterocycles. The van der Waals surface area contributed by atoms with Crippen LogP contribution in [0.2, 0.25) is 0 Å². The number of fused-ring (bicyclic) bond motifs is 1. The Kier molecular flexibility index (Phi) is 6.38. The van der Waals surface area contributed by atoms with Crippen LogP contribution in [-0.4, -0.2) is 55.0 Å². The number of rotatable bonds is 8. The van der Waals surface area contributed by atoms with Gasteiger partial charge in [0.1, 0.15) is 30.0 Å². The van der Waals surface area contributed by atoms with E-state index < -0.39 is 10.9 Å². The largest absolute Gasteiger partial charge is 0.503 e. The number of hydrogen-bond donors (Lipinski definition) is 2. The number of hydrogen-bond acceptors (Lipinski definition) is 7. The number of nitrogens with one attached hydrogen (secondary N) is 1. The van der Waals surface area contributed by atoms with Gasteiger partial charge in [0.15, 0.2) is 17.2 Å². The number of H-pyrrole nitrogens is 1. The lowest BCUT2D eigenvalue weighted by Crippen LogP contribution is -2.22. The number of aromatic nitrogens is 2. The molecule has 0 spiro atoms. The van der Waals surface area contributed by atoms with Crippen molar-refractivity contribution in [1.29, 1.82) is 0 Å². The Morgan fingerprint density at radius 3 is 2.45 bits per heavy atom. The molecule has 3 rings (SSSR count). The molecule has 8 nitrogen and oxygen atoms in total. The van der Waals surface area contributed by atoms with Crippen molar-refractivity contribution in [3.63, 3.8) is 0 Å². The van der Waals surface area contributed by atoms with Crippen LogP contribution in [-0.2, 0) is 10.9 Å². The second-order valence-corrected chi connectivity index (χ2v) is 8.17. The second-order valence-electron chi connectivity index (χ2n) is 6.08. The fourth-order valence-electron chi connectivity index (χ4n) is 2.94. The zero-order valence-electron chi connectivity index (χ0n) is 16.6. The summed E-state index contributed by atoms with van der Waals surface area (Å²) in [5, 5.41) is 11.1. The van der Waals surface area contributed by atoms with Crippen molar-refractivity contribution < 1.29 is 24.1 Å². The molecule has 0 saturated carbocycles. The van der Waals surface area contributed by atoms with Crippen LogP contribution < -0.4 is 24.5 Å². The molecule has 154 valence electrons. The summed E-state index contributed by atoms with van der Waals surface area (Å²) in [4.78, 5) is 19.6. The predicted molar refractivity (Wildman–Crippen MR) is 112 cm³/mol. The minimum atomic E-state index is -0.540. The smallest absolute Gasteiger partial charge is 0.308 e. The third-order valence-electron chi connectivity index (χ3n) is 4.36. The second kappa shape index (κ2) is 8.95. The molecule has 0 aliphatic carbocycles. The molecule has 1 aromatic carbocycles. The first-order chi connectivity index (χ1) is 14.0. The first-order valence-electron chi connectivity index (χ1n) is 8.75. The van der Waals surface area contributed by atoms with E-state index >= 15 is 0 Å². The van der Waals surface area contributed by atoms with E-state index in [-0.39, 0.29) is 11.3 Å². The lowest BCUT2D eigenvalue weighted by Gasteiger charge is -2.14. The molecule has 2 heterocycles. The number of nitrogens with zero attached hydrogens (tertiary/aromatic N) is 1. The zero-order chi connectivity index (χ0) is 21.0. The van der Waals surface area contributed by atoms with Gasteiger partial charge < -0.3 is 29.0 Å². The normalized spacial score (nSPS) is 11.9. The summed E-state index contributed by atoms with van der Waals surface area (Å²) < 4.78 is 21.8. The summed E-state index contributed by atoms with van der Waals surface area (Å²) in [6.45, 7) is 0.336. The topological polar surface area (TPSA) is 103 Å². The van der Waals surface area contributed by atoms with Crippen molar-refractivity contribution in [1.82, 2.24) is 9.97 Å². The van der Waals surface area contributed by atoms with Gasteiger partial charge in [0, 0.05) is 29.2 Å². The van der Waals surface area contributed by atoms with Crippen molar-refractivity contribution in [2.45, 2.75) is 4.90 Å². The van der Waals surface area contributed by atoms with Crippen molar-refractivity contribution in [2.24, 2.45) is 0 Å². The van der Waals surface area contributed by atoms with Gasteiger partial charge in [0.25, 0.3) is 4.90 Å². The molecule has 1 unspecified atom stereocenters. The summed E-state index contributed by atoms with van der Waals surface area (Å²) in [7, 11) is 4.07. The van der Waals surface area contributed by atoms with Crippen LogP contribution in [0.3, 0.4) is 0 Å². The minimum absolute atomic E-state index is 0.0320. The molecule has 0 aliphatic rings. The fraction of sp³-hybridized carbons (Fsp3) is 0.300. The molecule has 0 bridgehead atoms. The van der Waals surface area contributed by atoms with Crippen molar-refractivity contribution in [2.75, 3.05) is 39.9 Å². The van der Waals surface area contributed by atoms with Crippen LogP contribution in [0.5, 0.6) is 28.7 Å². The number of benzene rings is 1. The number of aromatic amines is 1. The van der Waals surface area contributed by atoms with Gasteiger partial charge in [-0.05, 0) is 12.1 Å². The average molecular weight is 419 g/mol. The van der Waals surface area contributed by atoms with Crippen LogP contribution in [0.25, 0.3) is 11.0 Å². The number of ether oxygens (including phenoxy) is 4. The molecule has 2 N–H and O–H groups in total. The SMILES string of the molecule is COc1cc(OCC[S+](C)c2c(O)c3cccnc3[nH]c2=O)cc(OC)c1OC. The van der Waals surface area contributed by atoms with Gasteiger partial charge in [-0.2, -0.15) is 0 Å². The maximum absolute atomic E-state index is 12.4. The molecule has 0 amide bonds. The molecule has 3 aromatic rings. The number of pyridine rings is 2. The first-order valence-corrected chi connectivity index (χ1v) is 10.6. The minimum Gasteiger partial charge on any atom is -0.503 e. The summed E-state index contributed by atoms with van der Waals surface area (Å²) in [6.07, 6.45) is 3.46. The predicted octanol–water partition coefficient (Wildman–Crippen LogP) is 2.34. The van der Waals surface area contributed by atoms with Gasteiger partial charge in [0.2, 0.25) is 5.75 Å². The summed E-state index contributed by atoms with van der Waals surface area (Å²) in [6, 6.07) is 6.86. The number of methoxy groups -OCH3 is 3. The van der Waals surface area contributed by atoms with Gasteiger partial charge in [-0.15, -0.1) is 0 Å². The summed E-state index contributed by atoms with van der Waals surface area (Å²) in [5.41, 5.74) is 0.0248. The highest BCUT2D eigenvalue weighted by Crippen LogP contribution is 2.40. The molecule has 0 radical (unpaired) electrons. The van der Waals surface area contributed by atoms with E-state index in [0.29, 0.717) is 51.3 Å². The van der Waals surface area contributed by atoms with Gasteiger partial charge in [0.05, 0.1) is 26.7 Å².